The lowest BCUT2D eigenvalue weighted by Gasteiger charge is -2.41. The molecule has 0 aromatic heterocycles. The van der Waals surface area contributed by atoms with Crippen molar-refractivity contribution in [1.29, 1.82) is 0 Å². The molecule has 0 atom stereocenters. The number of rotatable bonds is 10. The molecule has 0 amide bonds. The van der Waals surface area contributed by atoms with Crippen molar-refractivity contribution >= 4 is 0 Å². The number of halogens is 2. The maximum absolute atomic E-state index is 12.3. The van der Waals surface area contributed by atoms with Gasteiger partial charge in [-0.25, -0.2) is 0 Å². The zero-order chi connectivity index (χ0) is 24.5. The zero-order valence-corrected chi connectivity index (χ0v) is 22.0. The maximum atomic E-state index is 12.3. The fourth-order valence-corrected chi connectivity index (χ4v) is 7.91. The Morgan fingerprint density at radius 2 is 1.11 bits per heavy atom. The molecule has 1 saturated heterocycles. The molecule has 4 heteroatoms. The predicted octanol–water partition coefficient (Wildman–Crippen LogP) is 9.31. The van der Waals surface area contributed by atoms with Crippen LogP contribution >= 0.6 is 0 Å². The molecule has 0 bridgehead atoms. The molecular weight excluding hydrogens is 442 g/mol. The van der Waals surface area contributed by atoms with Crippen LogP contribution in [0.1, 0.15) is 109 Å². The van der Waals surface area contributed by atoms with Crippen molar-refractivity contribution in [2.75, 3.05) is 13.2 Å². The van der Waals surface area contributed by atoms with Gasteiger partial charge in [0.05, 0.1) is 13.2 Å². The molecule has 3 aliphatic carbocycles. The van der Waals surface area contributed by atoms with Crippen LogP contribution in [0, 0.1) is 41.4 Å². The molecule has 2 nitrogen and oxygen atoms in total. The predicted molar refractivity (Wildman–Crippen MR) is 139 cm³/mol. The topological polar surface area (TPSA) is 18.5 Å². The standard InChI is InChI=1S/C31H50F2O2/c1-2-5-23-8-12-26(13-9-23)28-16-18-29(19-17-28)27-14-10-24(11-15-27)6-3-4-7-31-34-21-25(22-35-31)20-30(32)33/h2,20,23-29,31H,1,3-19,21-22H2. The number of hydrogen-bond acceptors (Lipinski definition) is 2. The highest BCUT2D eigenvalue weighted by molar-refractivity contribution is 4.89. The normalized spacial score (nSPS) is 38.6. The van der Waals surface area contributed by atoms with E-state index in [1.165, 1.54) is 96.3 Å². The summed E-state index contributed by atoms with van der Waals surface area (Å²) in [6.45, 7) is 4.64. The maximum Gasteiger partial charge on any atom is 0.266 e. The highest BCUT2D eigenvalue weighted by atomic mass is 19.3. The average molecular weight is 493 g/mol. The van der Waals surface area contributed by atoms with E-state index in [4.69, 9.17) is 9.47 Å². The van der Waals surface area contributed by atoms with E-state index in [0.717, 1.165) is 54.4 Å². The minimum Gasteiger partial charge on any atom is -0.352 e. The van der Waals surface area contributed by atoms with Gasteiger partial charge in [-0.2, -0.15) is 8.78 Å². The third kappa shape index (κ3) is 8.66. The summed E-state index contributed by atoms with van der Waals surface area (Å²) in [7, 11) is 0. The van der Waals surface area contributed by atoms with Crippen molar-refractivity contribution in [1.82, 2.24) is 0 Å². The molecule has 1 aliphatic heterocycles. The SMILES string of the molecule is C=CCC1CCC(C2CCC(C3CCC(CCCCC4OCC(C=C(F)F)CO4)CC3)CC2)CC1. The Labute approximate surface area is 213 Å². The summed E-state index contributed by atoms with van der Waals surface area (Å²) in [5.41, 5.74) is 0. The van der Waals surface area contributed by atoms with E-state index >= 15 is 0 Å². The first kappa shape index (κ1) is 27.3. The van der Waals surface area contributed by atoms with Crippen LogP contribution in [0.2, 0.25) is 0 Å². The zero-order valence-electron chi connectivity index (χ0n) is 22.0. The number of allylic oxidation sites excluding steroid dienone is 1. The van der Waals surface area contributed by atoms with Crippen LogP contribution in [0.5, 0.6) is 0 Å². The van der Waals surface area contributed by atoms with Crippen LogP contribution < -0.4 is 0 Å². The van der Waals surface area contributed by atoms with E-state index in [9.17, 15) is 8.78 Å². The lowest BCUT2D eigenvalue weighted by molar-refractivity contribution is -0.196. The van der Waals surface area contributed by atoms with Crippen molar-refractivity contribution in [3.05, 3.63) is 24.8 Å². The van der Waals surface area contributed by atoms with E-state index in [2.05, 4.69) is 12.7 Å². The van der Waals surface area contributed by atoms with Gasteiger partial charge in [0.25, 0.3) is 6.08 Å². The largest absolute Gasteiger partial charge is 0.352 e. The fraction of sp³-hybridized carbons (Fsp3) is 0.871. The second-order valence-corrected chi connectivity index (χ2v) is 12.4. The third-order valence-electron chi connectivity index (χ3n) is 10.1. The molecule has 3 saturated carbocycles. The van der Waals surface area contributed by atoms with Gasteiger partial charge < -0.3 is 9.47 Å². The van der Waals surface area contributed by atoms with Crippen molar-refractivity contribution in [2.24, 2.45) is 41.4 Å². The van der Waals surface area contributed by atoms with E-state index < -0.39 is 6.08 Å². The monoisotopic (exact) mass is 492 g/mol. The molecule has 0 aromatic rings. The van der Waals surface area contributed by atoms with Gasteiger partial charge in [-0.15, -0.1) is 6.58 Å². The summed E-state index contributed by atoms with van der Waals surface area (Å²) in [4.78, 5) is 0. The molecular formula is C31H50F2O2. The molecule has 4 aliphatic rings. The van der Waals surface area contributed by atoms with Crippen LogP contribution in [0.3, 0.4) is 0 Å². The summed E-state index contributed by atoms with van der Waals surface area (Å²) in [5, 5.41) is 0. The van der Waals surface area contributed by atoms with Gasteiger partial charge in [0.15, 0.2) is 6.29 Å². The molecule has 0 unspecified atom stereocenters. The van der Waals surface area contributed by atoms with E-state index in [1.807, 2.05) is 0 Å². The molecule has 0 aromatic carbocycles. The van der Waals surface area contributed by atoms with Crippen molar-refractivity contribution in [3.63, 3.8) is 0 Å². The Balaban J connectivity index is 1.04. The molecule has 4 fully saturated rings. The van der Waals surface area contributed by atoms with Gasteiger partial charge in [0.2, 0.25) is 0 Å². The minimum atomic E-state index is -1.64. The summed E-state index contributed by atoms with van der Waals surface area (Å²) < 4.78 is 35.9. The smallest absolute Gasteiger partial charge is 0.266 e. The van der Waals surface area contributed by atoms with Gasteiger partial charge >= 0.3 is 0 Å². The van der Waals surface area contributed by atoms with Gasteiger partial charge in [-0.3, -0.25) is 0 Å². The van der Waals surface area contributed by atoms with Gasteiger partial charge in [0.1, 0.15) is 0 Å². The van der Waals surface area contributed by atoms with E-state index in [-0.39, 0.29) is 12.2 Å². The first-order valence-corrected chi connectivity index (χ1v) is 15.0. The number of ether oxygens (including phenoxy) is 2. The highest BCUT2D eigenvalue weighted by Gasteiger charge is 2.34. The van der Waals surface area contributed by atoms with Gasteiger partial charge in [-0.1, -0.05) is 31.8 Å². The Morgan fingerprint density at radius 3 is 1.60 bits per heavy atom. The lowest BCUT2D eigenvalue weighted by atomic mass is 9.64. The summed E-state index contributed by atoms with van der Waals surface area (Å²) >= 11 is 0. The first-order chi connectivity index (χ1) is 17.1. The highest BCUT2D eigenvalue weighted by Crippen LogP contribution is 2.46. The Hall–Kier alpha value is -0.740. The number of unbranched alkanes of at least 4 members (excludes halogenated alkanes) is 1. The molecule has 35 heavy (non-hydrogen) atoms. The molecule has 0 spiro atoms. The molecule has 200 valence electrons. The quantitative estimate of drug-likeness (QED) is 0.223. The summed E-state index contributed by atoms with van der Waals surface area (Å²) in [6, 6.07) is 0. The van der Waals surface area contributed by atoms with Crippen LogP contribution in [-0.4, -0.2) is 19.5 Å². The summed E-state index contributed by atoms with van der Waals surface area (Å²) in [5.74, 6) is 5.58. The molecule has 4 rings (SSSR count). The van der Waals surface area contributed by atoms with Crippen molar-refractivity contribution in [2.45, 2.75) is 115 Å². The first-order valence-electron chi connectivity index (χ1n) is 15.0. The van der Waals surface area contributed by atoms with Crippen LogP contribution in [0.4, 0.5) is 8.78 Å². The van der Waals surface area contributed by atoms with Crippen molar-refractivity contribution < 1.29 is 18.3 Å². The van der Waals surface area contributed by atoms with E-state index in [1.54, 1.807) is 0 Å². The lowest BCUT2D eigenvalue weighted by Crippen LogP contribution is -2.31. The Bertz CT molecular complexity index is 628. The fourth-order valence-electron chi connectivity index (χ4n) is 7.91. The van der Waals surface area contributed by atoms with Crippen molar-refractivity contribution in [3.8, 4) is 0 Å². The van der Waals surface area contributed by atoms with Crippen LogP contribution in [0.15, 0.2) is 24.8 Å². The van der Waals surface area contributed by atoms with Gasteiger partial charge in [-0.05, 0) is 125 Å². The summed E-state index contributed by atoms with van der Waals surface area (Å²) in [6.07, 6.45) is 24.7. The second-order valence-electron chi connectivity index (χ2n) is 12.4. The van der Waals surface area contributed by atoms with E-state index in [0.29, 0.717) is 13.2 Å². The molecule has 0 radical (unpaired) electrons. The van der Waals surface area contributed by atoms with Crippen LogP contribution in [-0.2, 0) is 9.47 Å². The van der Waals surface area contributed by atoms with Gasteiger partial charge in [0, 0.05) is 5.92 Å². The Kier molecular flexibility index (Phi) is 11.1. The van der Waals surface area contributed by atoms with Crippen LogP contribution in [0.25, 0.3) is 0 Å². The minimum absolute atomic E-state index is 0.199. The Morgan fingerprint density at radius 1 is 0.657 bits per heavy atom. The average Bonchev–Trinajstić information content (AvgIpc) is 2.88. The third-order valence-corrected chi connectivity index (χ3v) is 10.1. The number of hydrogen-bond donors (Lipinski definition) is 0. The molecule has 0 N–H and O–H groups in total. The second kappa shape index (κ2) is 14.3. The molecule has 1 heterocycles.